The number of rotatable bonds is 13. The van der Waals surface area contributed by atoms with Crippen molar-refractivity contribution >= 4 is 11.9 Å². The van der Waals surface area contributed by atoms with Crippen LogP contribution in [0, 0.1) is 11.3 Å². The summed E-state index contributed by atoms with van der Waals surface area (Å²) >= 11 is 0. The van der Waals surface area contributed by atoms with Crippen molar-refractivity contribution in [2.75, 3.05) is 13.2 Å². The second-order valence-electron chi connectivity index (χ2n) is 6.76. The number of carbonyl (C=O) groups excluding carboxylic acids is 2. The minimum atomic E-state index is -1.13. The molecule has 0 aromatic carbocycles. The van der Waals surface area contributed by atoms with Crippen LogP contribution in [-0.4, -0.2) is 25.2 Å². The lowest BCUT2D eigenvalue weighted by Gasteiger charge is -2.31. The Labute approximate surface area is 142 Å². The van der Waals surface area contributed by atoms with Crippen LogP contribution in [0.3, 0.4) is 0 Å². The van der Waals surface area contributed by atoms with Crippen LogP contribution in [0.4, 0.5) is 0 Å². The van der Waals surface area contributed by atoms with Gasteiger partial charge in [0.15, 0.2) is 5.41 Å². The standard InChI is InChI=1S/C19H36O4/c1-6-9-10-11-12-19(15-16(4)5,17(20)22-13-7-2)18(21)23-14-8-3/h16H,6-15H2,1-5H3. The van der Waals surface area contributed by atoms with Gasteiger partial charge in [-0.15, -0.1) is 0 Å². The molecular weight excluding hydrogens is 292 g/mol. The Kier molecular flexibility index (Phi) is 11.8. The highest BCUT2D eigenvalue weighted by molar-refractivity contribution is 6.00. The third-order valence-corrected chi connectivity index (χ3v) is 3.87. The summed E-state index contributed by atoms with van der Waals surface area (Å²) in [5, 5.41) is 0. The highest BCUT2D eigenvalue weighted by Crippen LogP contribution is 2.36. The highest BCUT2D eigenvalue weighted by atomic mass is 16.6. The fourth-order valence-corrected chi connectivity index (χ4v) is 2.77. The Morgan fingerprint density at radius 1 is 0.826 bits per heavy atom. The topological polar surface area (TPSA) is 52.6 Å². The molecule has 4 heteroatoms. The van der Waals surface area contributed by atoms with Crippen LogP contribution in [0.2, 0.25) is 0 Å². The molecule has 0 atom stereocenters. The first-order valence-electron chi connectivity index (χ1n) is 9.29. The summed E-state index contributed by atoms with van der Waals surface area (Å²) in [7, 11) is 0. The molecule has 0 aliphatic rings. The van der Waals surface area contributed by atoms with Crippen molar-refractivity contribution in [3.8, 4) is 0 Å². The molecule has 0 rings (SSSR count). The molecule has 0 aromatic heterocycles. The van der Waals surface area contributed by atoms with Gasteiger partial charge in [-0.1, -0.05) is 60.3 Å². The molecule has 4 nitrogen and oxygen atoms in total. The van der Waals surface area contributed by atoms with Crippen molar-refractivity contribution in [2.45, 2.75) is 86.0 Å². The zero-order valence-electron chi connectivity index (χ0n) is 15.8. The number of hydrogen-bond acceptors (Lipinski definition) is 4. The van der Waals surface area contributed by atoms with Crippen LogP contribution in [0.1, 0.15) is 86.0 Å². The Hall–Kier alpha value is -1.06. The van der Waals surface area contributed by atoms with Crippen molar-refractivity contribution in [3.05, 3.63) is 0 Å². The maximum atomic E-state index is 12.7. The highest BCUT2D eigenvalue weighted by Gasteiger charge is 2.48. The van der Waals surface area contributed by atoms with E-state index in [0.29, 0.717) is 26.1 Å². The van der Waals surface area contributed by atoms with E-state index in [9.17, 15) is 9.59 Å². The fraction of sp³-hybridized carbons (Fsp3) is 0.895. The molecule has 0 N–H and O–H groups in total. The molecular formula is C19H36O4. The summed E-state index contributed by atoms with van der Waals surface area (Å²) in [6, 6.07) is 0. The predicted octanol–water partition coefficient (Wildman–Crippen LogP) is 4.90. The normalized spacial score (nSPS) is 11.6. The van der Waals surface area contributed by atoms with Crippen molar-refractivity contribution in [3.63, 3.8) is 0 Å². The van der Waals surface area contributed by atoms with Crippen molar-refractivity contribution in [1.82, 2.24) is 0 Å². The van der Waals surface area contributed by atoms with E-state index in [1.54, 1.807) is 0 Å². The quantitative estimate of drug-likeness (QED) is 0.274. The van der Waals surface area contributed by atoms with E-state index >= 15 is 0 Å². The number of carbonyl (C=O) groups is 2. The van der Waals surface area contributed by atoms with Gasteiger partial charge in [0.1, 0.15) is 0 Å². The Morgan fingerprint density at radius 3 is 1.74 bits per heavy atom. The second-order valence-corrected chi connectivity index (χ2v) is 6.76. The maximum absolute atomic E-state index is 12.7. The minimum absolute atomic E-state index is 0.226. The smallest absolute Gasteiger partial charge is 0.323 e. The summed E-state index contributed by atoms with van der Waals surface area (Å²) < 4.78 is 10.8. The van der Waals surface area contributed by atoms with Gasteiger partial charge in [0.05, 0.1) is 13.2 Å². The average Bonchev–Trinajstić information content (AvgIpc) is 2.52. The van der Waals surface area contributed by atoms with Gasteiger partial charge < -0.3 is 9.47 Å². The average molecular weight is 328 g/mol. The summed E-state index contributed by atoms with van der Waals surface area (Å²) in [4.78, 5) is 25.4. The molecule has 0 aromatic rings. The fourth-order valence-electron chi connectivity index (χ4n) is 2.77. The van der Waals surface area contributed by atoms with Crippen molar-refractivity contribution < 1.29 is 19.1 Å². The molecule has 0 unspecified atom stereocenters. The van der Waals surface area contributed by atoms with E-state index in [2.05, 4.69) is 6.92 Å². The molecule has 0 fully saturated rings. The van der Waals surface area contributed by atoms with Crippen LogP contribution >= 0.6 is 0 Å². The molecule has 0 bridgehead atoms. The van der Waals surface area contributed by atoms with Gasteiger partial charge in [0.25, 0.3) is 0 Å². The third kappa shape index (κ3) is 7.85. The molecule has 0 heterocycles. The zero-order chi connectivity index (χ0) is 17.7. The van der Waals surface area contributed by atoms with Crippen LogP contribution in [-0.2, 0) is 19.1 Å². The predicted molar refractivity (Wildman–Crippen MR) is 93.1 cm³/mol. The van der Waals surface area contributed by atoms with Gasteiger partial charge >= 0.3 is 11.9 Å². The molecule has 0 saturated heterocycles. The molecule has 0 radical (unpaired) electrons. The number of unbranched alkanes of at least 4 members (excludes halogenated alkanes) is 3. The van der Waals surface area contributed by atoms with Crippen LogP contribution in [0.15, 0.2) is 0 Å². The van der Waals surface area contributed by atoms with E-state index in [1.807, 2.05) is 27.7 Å². The van der Waals surface area contributed by atoms with E-state index in [-0.39, 0.29) is 5.92 Å². The number of esters is 2. The summed E-state index contributed by atoms with van der Waals surface area (Å²) in [6.45, 7) is 10.8. The summed E-state index contributed by atoms with van der Waals surface area (Å²) in [5.41, 5.74) is -1.13. The SMILES string of the molecule is CCCCCCC(CC(C)C)(C(=O)OCCC)C(=O)OCCC. The van der Waals surface area contributed by atoms with Crippen LogP contribution in [0.25, 0.3) is 0 Å². The second kappa shape index (κ2) is 12.4. The number of ether oxygens (including phenoxy) is 2. The minimum Gasteiger partial charge on any atom is -0.465 e. The van der Waals surface area contributed by atoms with Crippen molar-refractivity contribution in [2.24, 2.45) is 11.3 Å². The Bertz CT molecular complexity index is 316. The van der Waals surface area contributed by atoms with Crippen molar-refractivity contribution in [1.29, 1.82) is 0 Å². The number of hydrogen-bond donors (Lipinski definition) is 0. The summed E-state index contributed by atoms with van der Waals surface area (Å²) in [5.74, 6) is -0.569. The van der Waals surface area contributed by atoms with E-state index < -0.39 is 17.4 Å². The lowest BCUT2D eigenvalue weighted by Crippen LogP contribution is -2.43. The lowest BCUT2D eigenvalue weighted by molar-refractivity contribution is -0.175. The Balaban J connectivity index is 5.24. The first-order valence-corrected chi connectivity index (χ1v) is 9.29. The van der Waals surface area contributed by atoms with Crippen LogP contribution in [0.5, 0.6) is 0 Å². The molecule has 0 spiro atoms. The molecule has 136 valence electrons. The van der Waals surface area contributed by atoms with Gasteiger partial charge in [0, 0.05) is 0 Å². The van der Waals surface area contributed by atoms with Gasteiger partial charge in [-0.2, -0.15) is 0 Å². The molecule has 0 amide bonds. The monoisotopic (exact) mass is 328 g/mol. The van der Waals surface area contributed by atoms with E-state index in [1.165, 1.54) is 0 Å². The largest absolute Gasteiger partial charge is 0.465 e. The van der Waals surface area contributed by atoms with E-state index in [0.717, 1.165) is 38.5 Å². The maximum Gasteiger partial charge on any atom is 0.323 e. The molecule has 0 aliphatic carbocycles. The van der Waals surface area contributed by atoms with Gasteiger partial charge in [-0.25, -0.2) is 0 Å². The van der Waals surface area contributed by atoms with Gasteiger partial charge in [-0.05, 0) is 31.6 Å². The zero-order valence-corrected chi connectivity index (χ0v) is 15.8. The van der Waals surface area contributed by atoms with E-state index in [4.69, 9.17) is 9.47 Å². The van der Waals surface area contributed by atoms with Gasteiger partial charge in [0.2, 0.25) is 0 Å². The molecule has 23 heavy (non-hydrogen) atoms. The van der Waals surface area contributed by atoms with Crippen LogP contribution < -0.4 is 0 Å². The molecule has 0 aliphatic heterocycles. The Morgan fingerprint density at radius 2 is 1.35 bits per heavy atom. The first-order chi connectivity index (χ1) is 10.9. The third-order valence-electron chi connectivity index (χ3n) is 3.87. The first kappa shape index (κ1) is 21.9. The van der Waals surface area contributed by atoms with Gasteiger partial charge in [-0.3, -0.25) is 9.59 Å². The summed E-state index contributed by atoms with van der Waals surface area (Å²) in [6.07, 6.45) is 6.64. The molecule has 0 saturated carbocycles. The lowest BCUT2D eigenvalue weighted by atomic mass is 9.75.